The molecule has 0 saturated carbocycles. The van der Waals surface area contributed by atoms with Crippen LogP contribution in [0.5, 0.6) is 0 Å². The number of benzene rings is 3. The van der Waals surface area contributed by atoms with E-state index in [-0.39, 0.29) is 10.8 Å². The second-order valence-electron chi connectivity index (χ2n) is 20.0. The van der Waals surface area contributed by atoms with Gasteiger partial charge in [0.1, 0.15) is 0 Å². The van der Waals surface area contributed by atoms with Crippen molar-refractivity contribution < 1.29 is 0 Å². The monoisotopic (exact) mass is 774 g/mol. The SMILES string of the molecule is CC1CC(C2=CCC(N(c3cccc(C4C=CC=CC4)c3)c3ccc4c(c3)C(C)(C)C3C=CC=CC43)C3C=CCCC23)=CC2(C)C3=C(CCCC3)N(c3ccccc3)C12. The van der Waals surface area contributed by atoms with Crippen molar-refractivity contribution in [1.29, 1.82) is 0 Å². The molecule has 2 nitrogen and oxygen atoms in total. The Morgan fingerprint density at radius 1 is 0.763 bits per heavy atom. The van der Waals surface area contributed by atoms with E-state index >= 15 is 0 Å². The van der Waals surface area contributed by atoms with Crippen LogP contribution in [0.1, 0.15) is 114 Å². The fourth-order valence-electron chi connectivity index (χ4n) is 13.8. The second kappa shape index (κ2) is 14.4. The van der Waals surface area contributed by atoms with Crippen LogP contribution in [0.15, 0.2) is 168 Å². The summed E-state index contributed by atoms with van der Waals surface area (Å²) in [5.41, 5.74) is 15.3. The van der Waals surface area contributed by atoms with Crippen LogP contribution in [-0.4, -0.2) is 12.1 Å². The summed E-state index contributed by atoms with van der Waals surface area (Å²) in [6.45, 7) is 10.1. The van der Waals surface area contributed by atoms with Crippen LogP contribution in [0.2, 0.25) is 0 Å². The van der Waals surface area contributed by atoms with Gasteiger partial charge in [-0.1, -0.05) is 137 Å². The molecule has 0 radical (unpaired) electrons. The molecule has 8 aliphatic rings. The van der Waals surface area contributed by atoms with Gasteiger partial charge in [-0.25, -0.2) is 0 Å². The lowest BCUT2D eigenvalue weighted by molar-refractivity contribution is 0.282. The molecule has 0 spiro atoms. The number of fused-ring (bicyclic) bond motifs is 6. The largest absolute Gasteiger partial charge is 0.341 e. The van der Waals surface area contributed by atoms with Gasteiger partial charge in [-0.2, -0.15) is 0 Å². The second-order valence-corrected chi connectivity index (χ2v) is 20.0. The quantitative estimate of drug-likeness (QED) is 0.230. The third-order valence-corrected chi connectivity index (χ3v) is 16.3. The van der Waals surface area contributed by atoms with Crippen LogP contribution in [0, 0.1) is 29.1 Å². The van der Waals surface area contributed by atoms with E-state index in [9.17, 15) is 0 Å². The number of hydrogen-bond donors (Lipinski definition) is 0. The van der Waals surface area contributed by atoms with Crippen molar-refractivity contribution in [2.75, 3.05) is 9.80 Å². The molecule has 0 aromatic heterocycles. The molecule has 0 bridgehead atoms. The van der Waals surface area contributed by atoms with Gasteiger partial charge in [0.15, 0.2) is 0 Å². The van der Waals surface area contributed by atoms with E-state index < -0.39 is 0 Å². The number of allylic oxidation sites excluding steroid dienone is 12. The molecule has 0 saturated heterocycles. The summed E-state index contributed by atoms with van der Waals surface area (Å²) >= 11 is 0. The number of rotatable bonds is 6. The average molecular weight is 775 g/mol. The van der Waals surface area contributed by atoms with Gasteiger partial charge in [0.2, 0.25) is 0 Å². The molecule has 300 valence electrons. The Bertz CT molecular complexity index is 2390. The summed E-state index contributed by atoms with van der Waals surface area (Å²) in [6.07, 6.45) is 40.0. The molecular weight excluding hydrogens is 713 g/mol. The van der Waals surface area contributed by atoms with Gasteiger partial charge in [-0.05, 0) is 151 Å². The van der Waals surface area contributed by atoms with E-state index in [1.54, 1.807) is 22.4 Å². The third kappa shape index (κ3) is 5.94. The zero-order valence-electron chi connectivity index (χ0n) is 35.7. The zero-order valence-corrected chi connectivity index (χ0v) is 35.7. The Morgan fingerprint density at radius 2 is 1.59 bits per heavy atom. The molecule has 59 heavy (non-hydrogen) atoms. The molecule has 0 fully saturated rings. The van der Waals surface area contributed by atoms with E-state index in [4.69, 9.17) is 0 Å². The highest BCUT2D eigenvalue weighted by Gasteiger charge is 2.54. The van der Waals surface area contributed by atoms with Crippen molar-refractivity contribution in [2.45, 2.75) is 115 Å². The number of anilines is 3. The zero-order chi connectivity index (χ0) is 39.9. The lowest BCUT2D eigenvalue weighted by Gasteiger charge is -2.49. The third-order valence-electron chi connectivity index (χ3n) is 16.3. The van der Waals surface area contributed by atoms with Gasteiger partial charge >= 0.3 is 0 Å². The minimum Gasteiger partial charge on any atom is -0.341 e. The number of para-hydroxylation sites is 1. The predicted molar refractivity (Wildman–Crippen MR) is 248 cm³/mol. The van der Waals surface area contributed by atoms with Gasteiger partial charge in [0, 0.05) is 58.0 Å². The van der Waals surface area contributed by atoms with Crippen LogP contribution >= 0.6 is 0 Å². The van der Waals surface area contributed by atoms with Crippen LogP contribution in [0.3, 0.4) is 0 Å². The molecule has 9 unspecified atom stereocenters. The summed E-state index contributed by atoms with van der Waals surface area (Å²) in [5, 5.41) is 0. The molecule has 9 atom stereocenters. The highest BCUT2D eigenvalue weighted by Crippen LogP contribution is 2.60. The van der Waals surface area contributed by atoms with Crippen molar-refractivity contribution in [1.82, 2.24) is 0 Å². The summed E-state index contributed by atoms with van der Waals surface area (Å²) < 4.78 is 0. The minimum absolute atomic E-state index is 0.0598. The molecule has 2 heteroatoms. The van der Waals surface area contributed by atoms with Crippen LogP contribution in [0.4, 0.5) is 17.1 Å². The van der Waals surface area contributed by atoms with E-state index in [0.717, 1.165) is 19.3 Å². The molecule has 7 aliphatic carbocycles. The molecule has 1 heterocycles. The minimum atomic E-state index is 0.0598. The van der Waals surface area contributed by atoms with Crippen LogP contribution in [0.25, 0.3) is 0 Å². The van der Waals surface area contributed by atoms with Crippen molar-refractivity contribution in [3.05, 3.63) is 185 Å². The lowest BCUT2D eigenvalue weighted by atomic mass is 9.61. The van der Waals surface area contributed by atoms with Crippen molar-refractivity contribution in [3.8, 4) is 0 Å². The highest BCUT2D eigenvalue weighted by molar-refractivity contribution is 5.70. The van der Waals surface area contributed by atoms with Gasteiger partial charge in [-0.15, -0.1) is 0 Å². The Hall–Kier alpha value is -4.82. The first-order chi connectivity index (χ1) is 28.8. The first kappa shape index (κ1) is 37.2. The first-order valence-electron chi connectivity index (χ1n) is 23.2. The fraction of sp³-hybridized carbons (Fsp3) is 0.404. The Kier molecular flexibility index (Phi) is 9.10. The molecule has 3 aromatic rings. The van der Waals surface area contributed by atoms with Crippen LogP contribution in [-0.2, 0) is 5.41 Å². The summed E-state index contributed by atoms with van der Waals surface area (Å²) in [4.78, 5) is 5.59. The van der Waals surface area contributed by atoms with E-state index in [0.29, 0.717) is 47.6 Å². The maximum Gasteiger partial charge on any atom is 0.0494 e. The van der Waals surface area contributed by atoms with E-state index in [1.807, 2.05) is 0 Å². The highest BCUT2D eigenvalue weighted by atomic mass is 15.2. The van der Waals surface area contributed by atoms with Gasteiger partial charge in [0.25, 0.3) is 0 Å². The predicted octanol–water partition coefficient (Wildman–Crippen LogP) is 14.5. The molecule has 11 rings (SSSR count). The summed E-state index contributed by atoms with van der Waals surface area (Å²) in [7, 11) is 0. The van der Waals surface area contributed by atoms with Crippen molar-refractivity contribution >= 4 is 17.1 Å². The Balaban J connectivity index is 1.01. The molecular formula is C57H62N2. The molecule has 3 aromatic carbocycles. The van der Waals surface area contributed by atoms with Gasteiger partial charge in [0.05, 0.1) is 0 Å². The maximum atomic E-state index is 2.82. The lowest BCUT2D eigenvalue weighted by Crippen LogP contribution is -2.48. The van der Waals surface area contributed by atoms with Crippen LogP contribution < -0.4 is 9.80 Å². The van der Waals surface area contributed by atoms with Gasteiger partial charge < -0.3 is 9.80 Å². The standard InChI is InChI=1S/C57H62N2/c1-38-34-41(37-57(4)51-28-15-16-29-54(51)59(55(38)57)42-21-9-6-10-22-42)45-32-33-53(49-26-12-11-24-46(45)49)58(43-23-17-20-40(35-43)39-18-7-5-8-19-39)44-30-31-48-47-25-13-14-27-50(47)56(2,3)52(48)36-44/h5-10,12-14,17-18,20-23,25-27,30-32,35-39,46-47,49-50,53,55H,11,15-16,19,24,28-29,33-34H2,1-4H3. The van der Waals surface area contributed by atoms with Crippen molar-refractivity contribution in [2.24, 2.45) is 29.1 Å². The Labute approximate surface area is 354 Å². The first-order valence-corrected chi connectivity index (χ1v) is 23.2. The number of nitrogens with zero attached hydrogens (tertiary/aromatic N) is 2. The Morgan fingerprint density at radius 3 is 2.46 bits per heavy atom. The molecule has 1 aliphatic heterocycles. The molecule has 0 N–H and O–H groups in total. The molecule has 0 amide bonds. The fourth-order valence-corrected chi connectivity index (χ4v) is 13.8. The topological polar surface area (TPSA) is 6.48 Å². The van der Waals surface area contributed by atoms with Gasteiger partial charge in [-0.3, -0.25) is 0 Å². The smallest absolute Gasteiger partial charge is 0.0494 e. The summed E-state index contributed by atoms with van der Waals surface area (Å²) in [5.74, 6) is 2.90. The maximum absolute atomic E-state index is 2.82. The van der Waals surface area contributed by atoms with E-state index in [2.05, 4.69) is 183 Å². The van der Waals surface area contributed by atoms with Crippen molar-refractivity contribution in [3.63, 3.8) is 0 Å². The van der Waals surface area contributed by atoms with E-state index in [1.165, 1.54) is 72.3 Å². The summed E-state index contributed by atoms with van der Waals surface area (Å²) in [6, 6.07) is 29.3. The normalized spacial score (nSPS) is 33.5. The average Bonchev–Trinajstić information content (AvgIpc) is 3.68. The number of hydrogen-bond acceptors (Lipinski definition) is 2.